The SMILES string of the molecule is C#C[C@@H]1c2ccccc2SCc2c1ccc(F)c2CCC. The second kappa shape index (κ2) is 5.95. The van der Waals surface area contributed by atoms with Gasteiger partial charge >= 0.3 is 0 Å². The van der Waals surface area contributed by atoms with E-state index in [2.05, 4.69) is 25.0 Å². The Balaban J connectivity index is 2.21. The molecule has 1 aliphatic rings. The Morgan fingerprint density at radius 2 is 2.05 bits per heavy atom. The van der Waals surface area contributed by atoms with Crippen LogP contribution in [-0.4, -0.2) is 0 Å². The predicted octanol–water partition coefficient (Wildman–Crippen LogP) is 5.15. The highest BCUT2D eigenvalue weighted by Gasteiger charge is 2.25. The summed E-state index contributed by atoms with van der Waals surface area (Å²) >= 11 is 1.76. The van der Waals surface area contributed by atoms with E-state index < -0.39 is 0 Å². The van der Waals surface area contributed by atoms with Crippen molar-refractivity contribution in [1.29, 1.82) is 0 Å². The zero-order valence-electron chi connectivity index (χ0n) is 12.0. The zero-order chi connectivity index (χ0) is 14.8. The van der Waals surface area contributed by atoms with Gasteiger partial charge in [-0.15, -0.1) is 18.2 Å². The van der Waals surface area contributed by atoms with Gasteiger partial charge in [-0.1, -0.05) is 43.5 Å². The maximum Gasteiger partial charge on any atom is 0.126 e. The largest absolute Gasteiger partial charge is 0.207 e. The average Bonchev–Trinajstić information content (AvgIpc) is 2.66. The maximum absolute atomic E-state index is 14.2. The standard InChI is InChI=1S/C19H17FS/c1-3-7-15-17-12-21-19-9-6-5-8-16(19)13(4-2)14(17)10-11-18(15)20/h2,5-6,8-11,13H,3,7,12H2,1H3/t13-/m0/s1. The highest BCUT2D eigenvalue weighted by molar-refractivity contribution is 7.98. The van der Waals surface area contributed by atoms with Crippen molar-refractivity contribution in [2.24, 2.45) is 0 Å². The van der Waals surface area contributed by atoms with Crippen molar-refractivity contribution < 1.29 is 4.39 Å². The average molecular weight is 296 g/mol. The third-order valence-electron chi connectivity index (χ3n) is 3.99. The second-order valence-corrected chi connectivity index (χ2v) is 6.29. The molecule has 1 heterocycles. The van der Waals surface area contributed by atoms with Gasteiger partial charge in [0.1, 0.15) is 5.82 Å². The Hall–Kier alpha value is -1.72. The second-order valence-electron chi connectivity index (χ2n) is 5.27. The van der Waals surface area contributed by atoms with Crippen LogP contribution in [0.4, 0.5) is 4.39 Å². The molecule has 2 aromatic rings. The maximum atomic E-state index is 14.2. The highest BCUT2D eigenvalue weighted by atomic mass is 32.2. The highest BCUT2D eigenvalue weighted by Crippen LogP contribution is 2.41. The van der Waals surface area contributed by atoms with Crippen LogP contribution in [0.2, 0.25) is 0 Å². The number of fused-ring (bicyclic) bond motifs is 2. The van der Waals surface area contributed by atoms with Crippen molar-refractivity contribution in [3.8, 4) is 12.3 Å². The van der Waals surface area contributed by atoms with E-state index in [-0.39, 0.29) is 11.7 Å². The minimum atomic E-state index is -0.0991. The molecule has 0 saturated heterocycles. The first-order chi connectivity index (χ1) is 10.3. The molecule has 0 fully saturated rings. The van der Waals surface area contributed by atoms with Gasteiger partial charge in [0.15, 0.2) is 0 Å². The molecule has 21 heavy (non-hydrogen) atoms. The van der Waals surface area contributed by atoms with E-state index in [0.29, 0.717) is 0 Å². The van der Waals surface area contributed by atoms with Crippen LogP contribution >= 0.6 is 11.8 Å². The van der Waals surface area contributed by atoms with Gasteiger partial charge in [-0.05, 0) is 40.8 Å². The van der Waals surface area contributed by atoms with E-state index in [0.717, 1.165) is 40.8 Å². The van der Waals surface area contributed by atoms with E-state index in [9.17, 15) is 4.39 Å². The molecule has 0 saturated carbocycles. The first-order valence-electron chi connectivity index (χ1n) is 7.24. The van der Waals surface area contributed by atoms with E-state index in [1.807, 2.05) is 18.2 Å². The fourth-order valence-electron chi connectivity index (χ4n) is 2.99. The van der Waals surface area contributed by atoms with Crippen molar-refractivity contribution in [2.75, 3.05) is 0 Å². The first kappa shape index (κ1) is 14.2. The molecule has 0 aliphatic carbocycles. The van der Waals surface area contributed by atoms with Crippen LogP contribution in [0.25, 0.3) is 0 Å². The monoisotopic (exact) mass is 296 g/mol. The molecular formula is C19H17FS. The van der Waals surface area contributed by atoms with E-state index in [1.165, 1.54) is 4.90 Å². The molecule has 3 rings (SSSR count). The minimum absolute atomic E-state index is 0.0811. The number of hydrogen-bond donors (Lipinski definition) is 0. The van der Waals surface area contributed by atoms with E-state index in [4.69, 9.17) is 6.42 Å². The Bertz CT molecular complexity index is 712. The lowest BCUT2D eigenvalue weighted by Crippen LogP contribution is -2.05. The Kier molecular flexibility index (Phi) is 4.03. The third kappa shape index (κ3) is 2.47. The lowest BCUT2D eigenvalue weighted by molar-refractivity contribution is 0.603. The predicted molar refractivity (Wildman–Crippen MR) is 87.1 cm³/mol. The molecule has 0 bridgehead atoms. The van der Waals surface area contributed by atoms with Crippen molar-refractivity contribution in [3.05, 3.63) is 64.5 Å². The Labute approximate surface area is 129 Å². The number of rotatable bonds is 2. The first-order valence-corrected chi connectivity index (χ1v) is 8.22. The molecule has 0 N–H and O–H groups in total. The van der Waals surface area contributed by atoms with Crippen LogP contribution in [-0.2, 0) is 12.2 Å². The van der Waals surface area contributed by atoms with Crippen LogP contribution in [0.3, 0.4) is 0 Å². The fourth-order valence-corrected chi connectivity index (χ4v) is 4.16. The summed E-state index contributed by atoms with van der Waals surface area (Å²) in [6.07, 6.45) is 7.51. The molecule has 0 aromatic heterocycles. The lowest BCUT2D eigenvalue weighted by Gasteiger charge is -2.17. The molecule has 2 heteroatoms. The normalized spacial score (nSPS) is 16.5. The van der Waals surface area contributed by atoms with Crippen LogP contribution in [0.1, 0.15) is 41.5 Å². The molecule has 106 valence electrons. The Morgan fingerprint density at radius 1 is 1.24 bits per heavy atom. The van der Waals surface area contributed by atoms with Crippen molar-refractivity contribution in [3.63, 3.8) is 0 Å². The smallest absolute Gasteiger partial charge is 0.126 e. The van der Waals surface area contributed by atoms with Gasteiger partial charge < -0.3 is 0 Å². The van der Waals surface area contributed by atoms with Crippen LogP contribution in [0, 0.1) is 18.2 Å². The number of terminal acetylenes is 1. The Morgan fingerprint density at radius 3 is 2.81 bits per heavy atom. The number of halogens is 1. The van der Waals surface area contributed by atoms with Crippen molar-refractivity contribution in [1.82, 2.24) is 0 Å². The molecule has 0 radical (unpaired) electrons. The van der Waals surface area contributed by atoms with Crippen LogP contribution < -0.4 is 0 Å². The lowest BCUT2D eigenvalue weighted by atomic mass is 9.86. The molecule has 0 spiro atoms. The molecule has 1 atom stereocenters. The number of hydrogen-bond acceptors (Lipinski definition) is 1. The third-order valence-corrected chi connectivity index (χ3v) is 5.11. The summed E-state index contributed by atoms with van der Waals surface area (Å²) in [5.74, 6) is 3.52. The summed E-state index contributed by atoms with van der Waals surface area (Å²) in [6.45, 7) is 2.08. The van der Waals surface area contributed by atoms with Crippen molar-refractivity contribution >= 4 is 11.8 Å². The van der Waals surface area contributed by atoms with Crippen molar-refractivity contribution in [2.45, 2.75) is 36.3 Å². The summed E-state index contributed by atoms with van der Waals surface area (Å²) in [5.41, 5.74) is 4.20. The molecule has 0 unspecified atom stereocenters. The van der Waals surface area contributed by atoms with E-state index in [1.54, 1.807) is 17.8 Å². The zero-order valence-corrected chi connectivity index (χ0v) is 12.8. The molecule has 1 aliphatic heterocycles. The van der Waals surface area contributed by atoms with Crippen LogP contribution in [0.5, 0.6) is 0 Å². The van der Waals surface area contributed by atoms with Gasteiger partial charge in [-0.2, -0.15) is 0 Å². The topological polar surface area (TPSA) is 0 Å². The summed E-state index contributed by atoms with van der Waals surface area (Å²) in [4.78, 5) is 1.21. The van der Waals surface area contributed by atoms with Crippen LogP contribution in [0.15, 0.2) is 41.3 Å². The van der Waals surface area contributed by atoms with E-state index >= 15 is 0 Å². The fraction of sp³-hybridized carbons (Fsp3) is 0.263. The van der Waals surface area contributed by atoms with Gasteiger partial charge in [0.05, 0.1) is 5.92 Å². The van der Waals surface area contributed by atoms with Gasteiger partial charge in [-0.25, -0.2) is 4.39 Å². The minimum Gasteiger partial charge on any atom is -0.207 e. The molecule has 2 aromatic carbocycles. The van der Waals surface area contributed by atoms with Gasteiger partial charge in [0.2, 0.25) is 0 Å². The summed E-state index contributed by atoms with van der Waals surface area (Å²) in [5, 5.41) is 0. The molecular weight excluding hydrogens is 279 g/mol. The summed E-state index contributed by atoms with van der Waals surface area (Å²) in [6, 6.07) is 11.7. The summed E-state index contributed by atoms with van der Waals surface area (Å²) in [7, 11) is 0. The summed E-state index contributed by atoms with van der Waals surface area (Å²) < 4.78 is 14.2. The quantitative estimate of drug-likeness (QED) is 0.691. The number of thioether (sulfide) groups is 1. The van der Waals surface area contributed by atoms with Gasteiger partial charge in [0, 0.05) is 10.6 Å². The molecule has 0 nitrogen and oxygen atoms in total. The number of benzene rings is 2. The molecule has 0 amide bonds. The van der Waals surface area contributed by atoms with Gasteiger partial charge in [-0.3, -0.25) is 0 Å². The van der Waals surface area contributed by atoms with Gasteiger partial charge in [0.25, 0.3) is 0 Å².